The molecule has 1 amide bonds. The Balaban J connectivity index is 1.50. The van der Waals surface area contributed by atoms with Crippen molar-refractivity contribution in [3.8, 4) is 5.75 Å². The van der Waals surface area contributed by atoms with Crippen LogP contribution in [0.1, 0.15) is 28.7 Å². The van der Waals surface area contributed by atoms with Crippen molar-refractivity contribution in [1.29, 1.82) is 0 Å². The average Bonchev–Trinajstić information content (AvgIpc) is 3.14. The average molecular weight is 380 g/mol. The first kappa shape index (κ1) is 19.2. The smallest absolute Gasteiger partial charge is 0.377 e. The lowest BCUT2D eigenvalue weighted by Gasteiger charge is -2.13. The van der Waals surface area contributed by atoms with Crippen LogP contribution in [0.15, 0.2) is 65.2 Å². The highest BCUT2D eigenvalue weighted by atomic mass is 16.6. The molecule has 0 saturated carbocycles. The van der Waals surface area contributed by atoms with Crippen LogP contribution in [0.4, 0.5) is 5.69 Å². The highest BCUT2D eigenvalue weighted by molar-refractivity contribution is 5.96. The molecular weight excluding hydrogens is 360 g/mol. The lowest BCUT2D eigenvalue weighted by atomic mass is 10.2. The van der Waals surface area contributed by atoms with Gasteiger partial charge in [0.05, 0.1) is 5.69 Å². The van der Waals surface area contributed by atoms with Crippen LogP contribution in [0.5, 0.6) is 5.75 Å². The number of hydrogen-bond acceptors (Lipinski definition) is 6. The third-order valence-electron chi connectivity index (χ3n) is 3.85. The highest BCUT2D eigenvalue weighted by Crippen LogP contribution is 2.17. The molecule has 0 aliphatic rings. The van der Waals surface area contributed by atoms with Crippen LogP contribution in [0.2, 0.25) is 0 Å². The quantitative estimate of drug-likeness (QED) is 0.628. The standard InChI is InChI=1S/C21H20N2O5/c1-14-12-19(28-23-14)21(25)27-15(2)20(24)22-17-8-10-18(11-9-17)26-13-16-6-4-3-5-7-16/h3-12,15H,13H2,1-2H3,(H,22,24). The van der Waals surface area contributed by atoms with Gasteiger partial charge in [0.25, 0.3) is 5.91 Å². The monoisotopic (exact) mass is 380 g/mol. The number of aromatic nitrogens is 1. The second-order valence-electron chi connectivity index (χ2n) is 6.17. The van der Waals surface area contributed by atoms with Crippen molar-refractivity contribution in [2.24, 2.45) is 0 Å². The number of nitrogens with one attached hydrogen (secondary N) is 1. The van der Waals surface area contributed by atoms with E-state index in [2.05, 4.69) is 10.5 Å². The van der Waals surface area contributed by atoms with Gasteiger partial charge in [-0.25, -0.2) is 4.79 Å². The first-order chi connectivity index (χ1) is 13.5. The molecule has 0 saturated heterocycles. The molecule has 7 heteroatoms. The lowest BCUT2D eigenvalue weighted by Crippen LogP contribution is -2.29. The van der Waals surface area contributed by atoms with E-state index < -0.39 is 18.0 Å². The molecule has 3 rings (SSSR count). The lowest BCUT2D eigenvalue weighted by molar-refractivity contribution is -0.123. The molecule has 1 atom stereocenters. The van der Waals surface area contributed by atoms with E-state index in [1.54, 1.807) is 31.2 Å². The Labute approximate surface area is 162 Å². The maximum Gasteiger partial charge on any atom is 0.377 e. The predicted octanol–water partition coefficient (Wildman–Crippen LogP) is 3.75. The Morgan fingerprint density at radius 2 is 1.82 bits per heavy atom. The van der Waals surface area contributed by atoms with Gasteiger partial charge >= 0.3 is 5.97 Å². The summed E-state index contributed by atoms with van der Waals surface area (Å²) in [4.78, 5) is 24.1. The van der Waals surface area contributed by atoms with E-state index in [9.17, 15) is 9.59 Å². The number of carbonyl (C=O) groups is 2. The van der Waals surface area contributed by atoms with Crippen molar-refractivity contribution in [1.82, 2.24) is 5.16 Å². The summed E-state index contributed by atoms with van der Waals surface area (Å²) in [6, 6.07) is 18.2. The van der Waals surface area contributed by atoms with Crippen molar-refractivity contribution >= 4 is 17.6 Å². The zero-order valence-electron chi connectivity index (χ0n) is 15.5. The zero-order valence-corrected chi connectivity index (χ0v) is 15.5. The third-order valence-corrected chi connectivity index (χ3v) is 3.85. The zero-order chi connectivity index (χ0) is 19.9. The number of amides is 1. The van der Waals surface area contributed by atoms with E-state index in [-0.39, 0.29) is 5.76 Å². The minimum absolute atomic E-state index is 0.0444. The summed E-state index contributed by atoms with van der Waals surface area (Å²) in [6.45, 7) is 3.62. The van der Waals surface area contributed by atoms with Gasteiger partial charge in [0.1, 0.15) is 12.4 Å². The summed E-state index contributed by atoms with van der Waals surface area (Å²) in [5.41, 5.74) is 2.19. The molecular formula is C21H20N2O5. The molecule has 1 unspecified atom stereocenters. The minimum Gasteiger partial charge on any atom is -0.489 e. The highest BCUT2D eigenvalue weighted by Gasteiger charge is 2.21. The molecule has 1 N–H and O–H groups in total. The maximum atomic E-state index is 12.2. The van der Waals surface area contributed by atoms with Gasteiger partial charge in [0.2, 0.25) is 5.76 Å². The SMILES string of the molecule is Cc1cc(C(=O)OC(C)C(=O)Nc2ccc(OCc3ccccc3)cc2)on1. The van der Waals surface area contributed by atoms with Crippen molar-refractivity contribution in [2.45, 2.75) is 26.6 Å². The largest absolute Gasteiger partial charge is 0.489 e. The van der Waals surface area contributed by atoms with Crippen LogP contribution < -0.4 is 10.1 Å². The predicted molar refractivity (Wildman–Crippen MR) is 102 cm³/mol. The fourth-order valence-corrected chi connectivity index (χ4v) is 2.35. The minimum atomic E-state index is -0.994. The second-order valence-corrected chi connectivity index (χ2v) is 6.17. The van der Waals surface area contributed by atoms with Crippen molar-refractivity contribution in [3.05, 3.63) is 77.7 Å². The molecule has 0 aliphatic carbocycles. The van der Waals surface area contributed by atoms with Gasteiger partial charge in [-0.05, 0) is 43.7 Å². The van der Waals surface area contributed by atoms with Gasteiger partial charge in [-0.2, -0.15) is 0 Å². The molecule has 0 radical (unpaired) electrons. The Morgan fingerprint density at radius 1 is 1.11 bits per heavy atom. The fourth-order valence-electron chi connectivity index (χ4n) is 2.35. The molecule has 1 aromatic heterocycles. The molecule has 0 bridgehead atoms. The number of esters is 1. The number of benzene rings is 2. The maximum absolute atomic E-state index is 12.2. The summed E-state index contributed by atoms with van der Waals surface area (Å²) >= 11 is 0. The summed E-state index contributed by atoms with van der Waals surface area (Å²) in [5, 5.41) is 6.30. The topological polar surface area (TPSA) is 90.7 Å². The number of nitrogens with zero attached hydrogens (tertiary/aromatic N) is 1. The molecule has 1 heterocycles. The number of aryl methyl sites for hydroxylation is 1. The van der Waals surface area contributed by atoms with Gasteiger partial charge in [0, 0.05) is 11.8 Å². The van der Waals surface area contributed by atoms with Gasteiger partial charge < -0.3 is 19.3 Å². The first-order valence-corrected chi connectivity index (χ1v) is 8.73. The molecule has 0 aliphatic heterocycles. The summed E-state index contributed by atoms with van der Waals surface area (Å²) in [7, 11) is 0. The van der Waals surface area contributed by atoms with Crippen LogP contribution in [0.3, 0.4) is 0 Å². The summed E-state index contributed by atoms with van der Waals surface area (Å²) < 4.78 is 15.6. The van der Waals surface area contributed by atoms with Gasteiger partial charge in [-0.3, -0.25) is 4.79 Å². The number of carbonyl (C=O) groups excluding carboxylic acids is 2. The molecule has 7 nitrogen and oxygen atoms in total. The number of rotatable bonds is 7. The van der Waals surface area contributed by atoms with Crippen molar-refractivity contribution in [3.63, 3.8) is 0 Å². The Bertz CT molecular complexity index is 935. The van der Waals surface area contributed by atoms with E-state index >= 15 is 0 Å². The number of anilines is 1. The second kappa shape index (κ2) is 8.85. The van der Waals surface area contributed by atoms with Crippen LogP contribution in [-0.4, -0.2) is 23.1 Å². The van der Waals surface area contributed by atoms with E-state index in [1.807, 2.05) is 30.3 Å². The number of hydrogen-bond donors (Lipinski definition) is 1. The van der Waals surface area contributed by atoms with Crippen LogP contribution >= 0.6 is 0 Å². The molecule has 28 heavy (non-hydrogen) atoms. The molecule has 144 valence electrons. The molecule has 0 fully saturated rings. The summed E-state index contributed by atoms with van der Waals surface area (Å²) in [6.07, 6.45) is -0.994. The Morgan fingerprint density at radius 3 is 2.46 bits per heavy atom. The fraction of sp³-hybridized carbons (Fsp3) is 0.190. The van der Waals surface area contributed by atoms with Gasteiger partial charge in [-0.1, -0.05) is 35.5 Å². The van der Waals surface area contributed by atoms with Crippen LogP contribution in [0.25, 0.3) is 0 Å². The van der Waals surface area contributed by atoms with E-state index in [0.29, 0.717) is 23.7 Å². The Hall–Kier alpha value is -3.61. The van der Waals surface area contributed by atoms with Crippen LogP contribution in [0, 0.1) is 6.92 Å². The van der Waals surface area contributed by atoms with E-state index in [0.717, 1.165) is 5.56 Å². The Kier molecular flexibility index (Phi) is 6.06. The molecule has 0 spiro atoms. The van der Waals surface area contributed by atoms with Crippen molar-refractivity contribution in [2.75, 3.05) is 5.32 Å². The van der Waals surface area contributed by atoms with Crippen molar-refractivity contribution < 1.29 is 23.6 Å². The van der Waals surface area contributed by atoms with Crippen LogP contribution in [-0.2, 0) is 16.1 Å². The third kappa shape index (κ3) is 5.20. The van der Waals surface area contributed by atoms with Gasteiger partial charge in [-0.15, -0.1) is 0 Å². The molecule has 2 aromatic carbocycles. The molecule has 3 aromatic rings. The first-order valence-electron chi connectivity index (χ1n) is 8.73. The summed E-state index contributed by atoms with van der Waals surface area (Å²) in [5.74, 6) is -0.561. The van der Waals surface area contributed by atoms with E-state index in [4.69, 9.17) is 14.0 Å². The number of ether oxygens (including phenoxy) is 2. The van der Waals surface area contributed by atoms with E-state index in [1.165, 1.54) is 13.0 Å². The van der Waals surface area contributed by atoms with Gasteiger partial charge in [0.15, 0.2) is 6.10 Å². The normalized spacial score (nSPS) is 11.5.